The molecule has 0 spiro atoms. The number of hydrogen-bond donors (Lipinski definition) is 1. The molecule has 0 unspecified atom stereocenters. The summed E-state index contributed by atoms with van der Waals surface area (Å²) in [6.07, 6.45) is 0. The van der Waals surface area contributed by atoms with Crippen LogP contribution in [0.15, 0.2) is 54.6 Å². The lowest BCUT2D eigenvalue weighted by molar-refractivity contribution is -0.937. The molecule has 0 saturated carbocycles. The van der Waals surface area contributed by atoms with Gasteiger partial charge in [0.1, 0.15) is 6.54 Å². The quantitative estimate of drug-likeness (QED) is 0.524. The van der Waals surface area contributed by atoms with Gasteiger partial charge in [-0.1, -0.05) is 18.2 Å². The molecule has 0 aliphatic carbocycles. The van der Waals surface area contributed by atoms with E-state index in [4.69, 9.17) is 0 Å². The normalized spacial score (nSPS) is 11.0. The van der Waals surface area contributed by atoms with Crippen LogP contribution < -0.4 is 5.43 Å². The molecule has 2 aromatic rings. The van der Waals surface area contributed by atoms with Crippen molar-refractivity contribution in [2.24, 2.45) is 0 Å². The minimum atomic E-state index is -0.430. The summed E-state index contributed by atoms with van der Waals surface area (Å²) < 4.78 is 0.242. The van der Waals surface area contributed by atoms with Crippen molar-refractivity contribution >= 4 is 11.6 Å². The van der Waals surface area contributed by atoms with E-state index in [1.54, 1.807) is 24.3 Å². The molecule has 0 saturated heterocycles. The van der Waals surface area contributed by atoms with Crippen molar-refractivity contribution in [2.45, 2.75) is 6.54 Å². The van der Waals surface area contributed by atoms with Crippen LogP contribution in [0.5, 0.6) is 0 Å². The van der Waals surface area contributed by atoms with Crippen LogP contribution in [0, 0.1) is 10.1 Å². The second-order valence-corrected chi connectivity index (χ2v) is 5.57. The van der Waals surface area contributed by atoms with Crippen molar-refractivity contribution in [1.29, 1.82) is 0 Å². The number of nitrogens with one attached hydrogen (secondary N) is 1. The molecule has 2 rings (SSSR count). The summed E-state index contributed by atoms with van der Waals surface area (Å²) in [6, 6.07) is 15.3. The molecule has 22 heavy (non-hydrogen) atoms. The van der Waals surface area contributed by atoms with Crippen LogP contribution >= 0.6 is 0 Å². The topological polar surface area (TPSA) is 72.2 Å². The van der Waals surface area contributed by atoms with Crippen molar-refractivity contribution in [1.82, 2.24) is 5.43 Å². The zero-order valence-electron chi connectivity index (χ0n) is 12.5. The molecule has 0 aromatic heterocycles. The molecular formula is C16H18N3O3+. The van der Waals surface area contributed by atoms with Gasteiger partial charge in [0.2, 0.25) is 0 Å². The highest BCUT2D eigenvalue weighted by Crippen LogP contribution is 2.14. The maximum Gasteiger partial charge on any atom is 0.295 e. The third kappa shape index (κ3) is 4.13. The van der Waals surface area contributed by atoms with Gasteiger partial charge in [-0.15, -0.1) is 0 Å². The van der Waals surface area contributed by atoms with E-state index in [0.29, 0.717) is 12.1 Å². The second-order valence-electron chi connectivity index (χ2n) is 5.57. The van der Waals surface area contributed by atoms with Crippen LogP contribution in [0.4, 0.5) is 5.69 Å². The number of nitro benzene ring substituents is 1. The Bertz CT molecular complexity index is 667. The predicted molar refractivity (Wildman–Crippen MR) is 82.8 cm³/mol. The van der Waals surface area contributed by atoms with E-state index in [2.05, 4.69) is 5.43 Å². The molecule has 0 heterocycles. The first-order valence-corrected chi connectivity index (χ1v) is 6.81. The molecule has 2 aromatic carbocycles. The summed E-state index contributed by atoms with van der Waals surface area (Å²) >= 11 is 0. The molecule has 6 heteroatoms. The van der Waals surface area contributed by atoms with Gasteiger partial charge in [-0.25, -0.2) is 4.59 Å². The van der Waals surface area contributed by atoms with Gasteiger partial charge in [-0.3, -0.25) is 14.9 Å². The lowest BCUT2D eigenvalue weighted by Gasteiger charge is -2.29. The van der Waals surface area contributed by atoms with Crippen LogP contribution in [0.1, 0.15) is 15.9 Å². The Morgan fingerprint density at radius 1 is 1.09 bits per heavy atom. The van der Waals surface area contributed by atoms with Gasteiger partial charge in [0.15, 0.2) is 0 Å². The fourth-order valence-electron chi connectivity index (χ4n) is 2.15. The van der Waals surface area contributed by atoms with Crippen LogP contribution in [0.2, 0.25) is 0 Å². The summed E-state index contributed by atoms with van der Waals surface area (Å²) in [5, 5.41) is 10.6. The van der Waals surface area contributed by atoms with E-state index in [1.165, 1.54) is 12.1 Å². The highest BCUT2D eigenvalue weighted by atomic mass is 16.6. The Hall–Kier alpha value is -2.73. The second kappa shape index (κ2) is 6.36. The maximum absolute atomic E-state index is 12.2. The Labute approximate surface area is 128 Å². The number of hydrogen-bond acceptors (Lipinski definition) is 3. The Morgan fingerprint density at radius 2 is 1.68 bits per heavy atom. The fraction of sp³-hybridized carbons (Fsp3) is 0.188. The van der Waals surface area contributed by atoms with Crippen molar-refractivity contribution in [3.05, 3.63) is 75.8 Å². The zero-order chi connectivity index (χ0) is 16.2. The van der Waals surface area contributed by atoms with Gasteiger partial charge in [-0.05, 0) is 24.3 Å². The minimum absolute atomic E-state index is 0.0578. The lowest BCUT2D eigenvalue weighted by Crippen LogP contribution is -2.53. The Balaban J connectivity index is 2.04. The molecular weight excluding hydrogens is 282 g/mol. The molecule has 1 N–H and O–H groups in total. The van der Waals surface area contributed by atoms with E-state index >= 15 is 0 Å². The van der Waals surface area contributed by atoms with Gasteiger partial charge in [0, 0.05) is 23.3 Å². The summed E-state index contributed by atoms with van der Waals surface area (Å²) in [7, 11) is 3.73. The van der Waals surface area contributed by atoms with Gasteiger partial charge < -0.3 is 0 Å². The van der Waals surface area contributed by atoms with Gasteiger partial charge >= 0.3 is 0 Å². The maximum atomic E-state index is 12.2. The molecule has 0 radical (unpaired) electrons. The number of amides is 1. The first kappa shape index (κ1) is 15.7. The van der Waals surface area contributed by atoms with E-state index in [-0.39, 0.29) is 16.2 Å². The number of carbonyl (C=O) groups excluding carboxylic acids is 1. The van der Waals surface area contributed by atoms with Crippen LogP contribution in [0.3, 0.4) is 0 Å². The number of carbonyl (C=O) groups is 1. The Morgan fingerprint density at radius 3 is 2.23 bits per heavy atom. The summed E-state index contributed by atoms with van der Waals surface area (Å²) in [5.74, 6) is -0.160. The smallest absolute Gasteiger partial charge is 0.264 e. The van der Waals surface area contributed by atoms with Gasteiger partial charge in [-0.2, -0.15) is 5.43 Å². The third-order valence-corrected chi connectivity index (χ3v) is 3.17. The van der Waals surface area contributed by atoms with Crippen molar-refractivity contribution in [3.8, 4) is 0 Å². The average Bonchev–Trinajstić information content (AvgIpc) is 2.47. The molecule has 114 valence electrons. The van der Waals surface area contributed by atoms with Crippen molar-refractivity contribution in [2.75, 3.05) is 14.1 Å². The van der Waals surface area contributed by atoms with E-state index in [9.17, 15) is 14.9 Å². The largest absolute Gasteiger partial charge is 0.295 e. The molecule has 0 atom stereocenters. The van der Waals surface area contributed by atoms with E-state index < -0.39 is 4.92 Å². The number of nitro groups is 1. The molecule has 6 nitrogen and oxygen atoms in total. The number of rotatable bonds is 5. The Kier molecular flexibility index (Phi) is 4.53. The highest BCUT2D eigenvalue weighted by Gasteiger charge is 2.21. The third-order valence-electron chi connectivity index (χ3n) is 3.17. The molecule has 0 aliphatic heterocycles. The van der Waals surface area contributed by atoms with Crippen LogP contribution in [0.25, 0.3) is 0 Å². The summed E-state index contributed by atoms with van der Waals surface area (Å²) in [5.41, 5.74) is 4.48. The monoisotopic (exact) mass is 300 g/mol. The lowest BCUT2D eigenvalue weighted by atomic mass is 10.2. The number of benzene rings is 2. The highest BCUT2D eigenvalue weighted by molar-refractivity contribution is 5.93. The van der Waals surface area contributed by atoms with Gasteiger partial charge in [0.25, 0.3) is 11.6 Å². The SMILES string of the molecule is C[N+](C)(Cc1ccc([N+](=O)[O-])cc1)NC(=O)c1ccccc1. The first-order valence-electron chi connectivity index (χ1n) is 6.81. The van der Waals surface area contributed by atoms with Crippen LogP contribution in [-0.4, -0.2) is 29.5 Å². The molecule has 0 fully saturated rings. The van der Waals surface area contributed by atoms with E-state index in [1.807, 2.05) is 32.3 Å². The summed E-state index contributed by atoms with van der Waals surface area (Å²) in [6.45, 7) is 0.524. The molecule has 0 aliphatic rings. The van der Waals surface area contributed by atoms with Crippen molar-refractivity contribution in [3.63, 3.8) is 0 Å². The molecule has 1 amide bonds. The molecule has 0 bridgehead atoms. The zero-order valence-corrected chi connectivity index (χ0v) is 12.5. The number of quaternary nitrogens is 1. The minimum Gasteiger partial charge on any atom is -0.264 e. The fourth-order valence-corrected chi connectivity index (χ4v) is 2.15. The number of non-ortho nitro benzene ring substituents is 1. The summed E-state index contributed by atoms with van der Waals surface area (Å²) in [4.78, 5) is 22.4. The number of nitrogens with zero attached hydrogens (tertiary/aromatic N) is 2. The van der Waals surface area contributed by atoms with Crippen LogP contribution in [-0.2, 0) is 6.54 Å². The van der Waals surface area contributed by atoms with E-state index in [0.717, 1.165) is 5.56 Å². The standard InChI is InChI=1S/C16H17N3O3/c1-19(2,17-16(20)14-6-4-3-5-7-14)12-13-8-10-15(11-9-13)18(21)22/h3-11H,12H2,1-2H3/p+1. The predicted octanol–water partition coefficient (Wildman–Crippen LogP) is 2.52. The van der Waals surface area contributed by atoms with Crippen molar-refractivity contribution < 1.29 is 14.3 Å². The van der Waals surface area contributed by atoms with Gasteiger partial charge in [0.05, 0.1) is 19.0 Å². The average molecular weight is 300 g/mol. The first-order chi connectivity index (χ1) is 10.4.